The maximum atomic E-state index is 2.48. The van der Waals surface area contributed by atoms with E-state index in [1.54, 1.807) is 0 Å². The monoisotopic (exact) mass is 725 g/mol. The van der Waals surface area contributed by atoms with Crippen LogP contribution < -0.4 is 4.90 Å². The van der Waals surface area contributed by atoms with E-state index in [0.717, 1.165) is 0 Å². The van der Waals surface area contributed by atoms with Crippen molar-refractivity contribution in [3.8, 4) is 44.5 Å². The molecular weight excluding hydrogens is 675 g/mol. The minimum atomic E-state index is -0.163. The average Bonchev–Trinajstić information content (AvgIpc) is 3.42. The molecule has 276 valence electrons. The molecular formula is C55H51N. The third kappa shape index (κ3) is 5.66. The van der Waals surface area contributed by atoms with E-state index < -0.39 is 0 Å². The van der Waals surface area contributed by atoms with E-state index in [2.05, 4.69) is 190 Å². The van der Waals surface area contributed by atoms with Gasteiger partial charge in [0.15, 0.2) is 0 Å². The maximum Gasteiger partial charge on any atom is 0.0467 e. The average molecular weight is 726 g/mol. The third-order valence-corrected chi connectivity index (χ3v) is 13.5. The van der Waals surface area contributed by atoms with E-state index in [1.165, 1.54) is 128 Å². The number of rotatable bonds is 6. The van der Waals surface area contributed by atoms with E-state index in [1.807, 2.05) is 0 Å². The van der Waals surface area contributed by atoms with E-state index in [4.69, 9.17) is 0 Å². The van der Waals surface area contributed by atoms with Gasteiger partial charge in [0, 0.05) is 27.9 Å². The lowest BCUT2D eigenvalue weighted by molar-refractivity contribution is 0.592. The lowest BCUT2D eigenvalue weighted by Crippen LogP contribution is -2.16. The number of benzene rings is 7. The quantitative estimate of drug-likeness (QED) is 0.154. The Balaban J connectivity index is 1.08. The Bertz CT molecular complexity index is 2580. The van der Waals surface area contributed by atoms with Gasteiger partial charge in [-0.15, -0.1) is 0 Å². The number of hydrogen-bond acceptors (Lipinski definition) is 1. The molecule has 0 N–H and O–H groups in total. The first-order valence-corrected chi connectivity index (χ1v) is 20.9. The SMILES string of the molecule is CC1(C)c2ccccc2-c2ccc(-c3cccc4c3-c3ccc(N(c5ccc(C6CCCCCC6)cc5)c5cccc(-c6ccccc6)c5)cc3C4(C)C)cc21. The second-order valence-corrected chi connectivity index (χ2v) is 17.5. The Kier molecular flexibility index (Phi) is 8.40. The summed E-state index contributed by atoms with van der Waals surface area (Å²) in [4.78, 5) is 2.48. The highest BCUT2D eigenvalue weighted by Gasteiger charge is 2.39. The Hall–Kier alpha value is -5.66. The number of hydrogen-bond donors (Lipinski definition) is 0. The lowest BCUT2D eigenvalue weighted by Gasteiger charge is -2.29. The van der Waals surface area contributed by atoms with Crippen LogP contribution in [0, 0.1) is 0 Å². The highest BCUT2D eigenvalue weighted by molar-refractivity contribution is 5.95. The minimum Gasteiger partial charge on any atom is -0.310 e. The van der Waals surface area contributed by atoms with Gasteiger partial charge in [0.25, 0.3) is 0 Å². The highest BCUT2D eigenvalue weighted by Crippen LogP contribution is 2.55. The topological polar surface area (TPSA) is 3.24 Å². The van der Waals surface area contributed by atoms with Crippen LogP contribution in [0.25, 0.3) is 44.5 Å². The van der Waals surface area contributed by atoms with E-state index >= 15 is 0 Å². The Morgan fingerprint density at radius 2 is 0.982 bits per heavy atom. The fourth-order valence-electron chi connectivity index (χ4n) is 10.4. The molecule has 56 heavy (non-hydrogen) atoms. The first-order chi connectivity index (χ1) is 27.3. The van der Waals surface area contributed by atoms with Crippen molar-refractivity contribution in [2.75, 3.05) is 4.90 Å². The van der Waals surface area contributed by atoms with Crippen LogP contribution in [-0.4, -0.2) is 0 Å². The predicted octanol–water partition coefficient (Wildman–Crippen LogP) is 15.5. The van der Waals surface area contributed by atoms with Crippen molar-refractivity contribution in [2.24, 2.45) is 0 Å². The molecule has 0 unspecified atom stereocenters. The third-order valence-electron chi connectivity index (χ3n) is 13.5. The molecule has 0 radical (unpaired) electrons. The van der Waals surface area contributed by atoms with Crippen LogP contribution in [0.4, 0.5) is 17.1 Å². The summed E-state index contributed by atoms with van der Waals surface area (Å²) in [7, 11) is 0. The van der Waals surface area contributed by atoms with Crippen molar-refractivity contribution in [1.29, 1.82) is 0 Å². The van der Waals surface area contributed by atoms with Gasteiger partial charge in [-0.05, 0) is 134 Å². The summed E-state index contributed by atoms with van der Waals surface area (Å²) in [6.45, 7) is 9.58. The molecule has 0 amide bonds. The molecule has 0 atom stereocenters. The van der Waals surface area contributed by atoms with Crippen LogP contribution in [0.5, 0.6) is 0 Å². The zero-order chi connectivity index (χ0) is 38.0. The van der Waals surface area contributed by atoms with Crippen molar-refractivity contribution in [1.82, 2.24) is 0 Å². The smallest absolute Gasteiger partial charge is 0.0467 e. The fourth-order valence-corrected chi connectivity index (χ4v) is 10.4. The van der Waals surface area contributed by atoms with E-state index in [-0.39, 0.29) is 10.8 Å². The standard InChI is InChI=1S/C55H51N/c1-54(2)49-24-13-12-22-46(49)47-32-28-41(35-51(47)54)45-23-15-25-50-53(45)48-33-31-44(36-52(48)55(50,3)4)56(43-21-14-20-40(34-43)38-18-10-7-11-19-38)42-29-26-39(27-30-42)37-16-8-5-6-9-17-37/h7,10-15,18-37H,5-6,8-9,16-17H2,1-4H3. The molecule has 7 aromatic carbocycles. The second-order valence-electron chi connectivity index (χ2n) is 17.5. The molecule has 0 saturated heterocycles. The normalized spacial score (nSPS) is 16.4. The van der Waals surface area contributed by atoms with Crippen LogP contribution in [0.15, 0.2) is 158 Å². The van der Waals surface area contributed by atoms with Gasteiger partial charge < -0.3 is 4.90 Å². The van der Waals surface area contributed by atoms with Crippen LogP contribution in [-0.2, 0) is 10.8 Å². The molecule has 0 bridgehead atoms. The molecule has 0 aromatic heterocycles. The molecule has 7 aromatic rings. The van der Waals surface area contributed by atoms with E-state index in [9.17, 15) is 0 Å². The summed E-state index contributed by atoms with van der Waals surface area (Å²) in [6.07, 6.45) is 8.06. The summed E-state index contributed by atoms with van der Waals surface area (Å²) in [6, 6.07) is 59.7. The summed E-state index contributed by atoms with van der Waals surface area (Å²) in [5, 5.41) is 0. The van der Waals surface area contributed by atoms with Gasteiger partial charge in [0.1, 0.15) is 0 Å². The van der Waals surface area contributed by atoms with Crippen molar-refractivity contribution < 1.29 is 0 Å². The van der Waals surface area contributed by atoms with Crippen molar-refractivity contribution in [3.05, 3.63) is 186 Å². The van der Waals surface area contributed by atoms with Gasteiger partial charge >= 0.3 is 0 Å². The lowest BCUT2D eigenvalue weighted by atomic mass is 9.80. The predicted molar refractivity (Wildman–Crippen MR) is 238 cm³/mol. The summed E-state index contributed by atoms with van der Waals surface area (Å²) < 4.78 is 0. The second kappa shape index (κ2) is 13.5. The van der Waals surface area contributed by atoms with Crippen LogP contribution in [0.1, 0.15) is 100.0 Å². The molecule has 10 rings (SSSR count). The summed E-state index contributed by atoms with van der Waals surface area (Å²) >= 11 is 0. The molecule has 3 aliphatic rings. The van der Waals surface area contributed by atoms with Gasteiger partial charge in [-0.25, -0.2) is 0 Å². The zero-order valence-corrected chi connectivity index (χ0v) is 33.3. The van der Waals surface area contributed by atoms with Gasteiger partial charge in [-0.1, -0.05) is 169 Å². The molecule has 1 fully saturated rings. The first kappa shape index (κ1) is 34.8. The van der Waals surface area contributed by atoms with Gasteiger partial charge in [-0.2, -0.15) is 0 Å². The summed E-state index contributed by atoms with van der Waals surface area (Å²) in [5.41, 5.74) is 21.0. The highest BCUT2D eigenvalue weighted by atomic mass is 15.1. The first-order valence-electron chi connectivity index (χ1n) is 20.9. The molecule has 0 heterocycles. The van der Waals surface area contributed by atoms with Crippen LogP contribution in [0.3, 0.4) is 0 Å². The van der Waals surface area contributed by atoms with Gasteiger partial charge in [-0.3, -0.25) is 0 Å². The number of nitrogens with zero attached hydrogens (tertiary/aromatic N) is 1. The molecule has 1 nitrogen and oxygen atoms in total. The van der Waals surface area contributed by atoms with Crippen molar-refractivity contribution in [2.45, 2.75) is 83.0 Å². The molecule has 1 heteroatoms. The molecule has 1 saturated carbocycles. The Morgan fingerprint density at radius 3 is 1.79 bits per heavy atom. The minimum absolute atomic E-state index is 0.0405. The summed E-state index contributed by atoms with van der Waals surface area (Å²) in [5.74, 6) is 0.668. The van der Waals surface area contributed by atoms with Crippen molar-refractivity contribution in [3.63, 3.8) is 0 Å². The zero-order valence-electron chi connectivity index (χ0n) is 33.3. The van der Waals surface area contributed by atoms with Crippen LogP contribution >= 0.6 is 0 Å². The molecule has 3 aliphatic carbocycles. The van der Waals surface area contributed by atoms with E-state index in [0.29, 0.717) is 5.92 Å². The maximum absolute atomic E-state index is 2.48. The molecule has 0 aliphatic heterocycles. The van der Waals surface area contributed by atoms with Gasteiger partial charge in [0.2, 0.25) is 0 Å². The van der Waals surface area contributed by atoms with Crippen LogP contribution in [0.2, 0.25) is 0 Å². The Labute approximate surface area is 333 Å². The number of anilines is 3. The fraction of sp³-hybridized carbons (Fsp3) is 0.236. The molecule has 0 spiro atoms. The Morgan fingerprint density at radius 1 is 0.393 bits per heavy atom. The largest absolute Gasteiger partial charge is 0.310 e. The number of fused-ring (bicyclic) bond motifs is 6. The van der Waals surface area contributed by atoms with Crippen molar-refractivity contribution >= 4 is 17.1 Å². The van der Waals surface area contributed by atoms with Gasteiger partial charge in [0.05, 0.1) is 0 Å².